The molecule has 194 valence electrons. The quantitative estimate of drug-likeness (QED) is 0.246. The average Bonchev–Trinajstić information content (AvgIpc) is 2.83. The molecule has 0 bridgehead atoms. The first-order valence-electron chi connectivity index (χ1n) is 10.4. The molecule has 2 N–H and O–H groups in total. The molecule has 0 unspecified atom stereocenters. The van der Waals surface area contributed by atoms with Crippen LogP contribution in [0.4, 0.5) is 26.3 Å². The van der Waals surface area contributed by atoms with Crippen molar-refractivity contribution in [1.82, 2.24) is 5.32 Å². The molecule has 12 heteroatoms. The van der Waals surface area contributed by atoms with Crippen molar-refractivity contribution in [2.45, 2.75) is 24.8 Å². The Bertz CT molecular complexity index is 1270. The van der Waals surface area contributed by atoms with E-state index < -0.39 is 47.4 Å². The maximum absolute atomic E-state index is 12.7. The fraction of sp³-hybridized carbons (Fsp3) is 0.160. The second-order valence-corrected chi connectivity index (χ2v) is 7.75. The van der Waals surface area contributed by atoms with Crippen LogP contribution in [-0.2, 0) is 23.6 Å². The SMILES string of the molecule is O=C(N[C@@H](Cc1ccc(OC(=O)c2ccc(C(F)(F)F)cc2)cc1)C(=O)O)c1ccc(C(F)(F)F)cc1. The predicted molar refractivity (Wildman–Crippen MR) is 117 cm³/mol. The van der Waals surface area contributed by atoms with Crippen LogP contribution in [-0.4, -0.2) is 29.0 Å². The number of hydrogen-bond acceptors (Lipinski definition) is 4. The van der Waals surface area contributed by atoms with Gasteiger partial charge in [0.05, 0.1) is 16.7 Å². The fourth-order valence-corrected chi connectivity index (χ4v) is 3.14. The summed E-state index contributed by atoms with van der Waals surface area (Å²) in [5.74, 6) is -3.15. The van der Waals surface area contributed by atoms with E-state index in [1.165, 1.54) is 24.3 Å². The van der Waals surface area contributed by atoms with Crippen LogP contribution in [0.1, 0.15) is 37.4 Å². The van der Waals surface area contributed by atoms with Crippen molar-refractivity contribution >= 4 is 17.8 Å². The summed E-state index contributed by atoms with van der Waals surface area (Å²) in [7, 11) is 0. The fourth-order valence-electron chi connectivity index (χ4n) is 3.14. The van der Waals surface area contributed by atoms with Gasteiger partial charge in [-0.15, -0.1) is 0 Å². The van der Waals surface area contributed by atoms with Crippen molar-refractivity contribution in [2.75, 3.05) is 0 Å². The standard InChI is InChI=1S/C25H17F6NO5/c26-24(27,28)17-7-3-15(4-8-17)21(33)32-20(22(34)35)13-14-1-11-19(12-2-14)37-23(36)16-5-9-18(10-6-16)25(29,30)31/h1-12,20H,13H2,(H,32,33)(H,34,35)/t20-/m0/s1. The van der Waals surface area contributed by atoms with E-state index in [9.17, 15) is 45.8 Å². The van der Waals surface area contributed by atoms with Crippen LogP contribution in [0.25, 0.3) is 0 Å². The molecule has 0 heterocycles. The number of aliphatic carboxylic acids is 1. The third-order valence-corrected chi connectivity index (χ3v) is 5.10. The monoisotopic (exact) mass is 525 g/mol. The van der Waals surface area contributed by atoms with Crippen LogP contribution in [0.2, 0.25) is 0 Å². The number of amides is 1. The molecule has 0 spiro atoms. The minimum atomic E-state index is -4.59. The number of rotatable bonds is 7. The van der Waals surface area contributed by atoms with E-state index in [-0.39, 0.29) is 23.3 Å². The van der Waals surface area contributed by atoms with Crippen LogP contribution in [0.15, 0.2) is 72.8 Å². The first-order valence-corrected chi connectivity index (χ1v) is 10.4. The number of hydrogen-bond donors (Lipinski definition) is 2. The summed E-state index contributed by atoms with van der Waals surface area (Å²) in [6.45, 7) is 0. The second kappa shape index (κ2) is 10.7. The van der Waals surface area contributed by atoms with Crippen molar-refractivity contribution in [3.63, 3.8) is 0 Å². The number of carboxylic acids is 1. The Balaban J connectivity index is 1.62. The van der Waals surface area contributed by atoms with E-state index in [4.69, 9.17) is 4.74 Å². The minimum absolute atomic E-state index is 0.0364. The summed E-state index contributed by atoms with van der Waals surface area (Å²) in [4.78, 5) is 36.1. The second-order valence-electron chi connectivity index (χ2n) is 7.75. The zero-order chi connectivity index (χ0) is 27.4. The Morgan fingerprint density at radius 2 is 1.19 bits per heavy atom. The number of carboxylic acid groups (broad SMARTS) is 1. The smallest absolute Gasteiger partial charge is 0.416 e. The molecule has 0 aliphatic rings. The highest BCUT2D eigenvalue weighted by molar-refractivity contribution is 5.96. The van der Waals surface area contributed by atoms with Crippen molar-refractivity contribution in [3.05, 3.63) is 101 Å². The zero-order valence-corrected chi connectivity index (χ0v) is 18.6. The Morgan fingerprint density at radius 3 is 1.62 bits per heavy atom. The number of alkyl halides is 6. The predicted octanol–water partition coefficient (Wildman–Crippen LogP) is 5.37. The Hall–Kier alpha value is -4.35. The third kappa shape index (κ3) is 7.32. The number of esters is 1. The normalized spacial score (nSPS) is 12.5. The van der Waals surface area contributed by atoms with Gasteiger partial charge in [0.2, 0.25) is 0 Å². The van der Waals surface area contributed by atoms with Gasteiger partial charge in [-0.2, -0.15) is 26.3 Å². The van der Waals surface area contributed by atoms with E-state index in [0.29, 0.717) is 17.7 Å². The highest BCUT2D eigenvalue weighted by Crippen LogP contribution is 2.30. The molecule has 3 aromatic rings. The maximum atomic E-state index is 12.7. The average molecular weight is 525 g/mol. The van der Waals surface area contributed by atoms with Crippen molar-refractivity contribution in [3.8, 4) is 5.75 Å². The minimum Gasteiger partial charge on any atom is -0.480 e. The first kappa shape index (κ1) is 27.2. The Morgan fingerprint density at radius 1 is 0.730 bits per heavy atom. The highest BCUT2D eigenvalue weighted by Gasteiger charge is 2.31. The molecule has 3 aromatic carbocycles. The van der Waals surface area contributed by atoms with Crippen molar-refractivity contribution < 1.29 is 50.6 Å². The van der Waals surface area contributed by atoms with Gasteiger partial charge in [-0.1, -0.05) is 12.1 Å². The molecule has 0 saturated carbocycles. The largest absolute Gasteiger partial charge is 0.480 e. The van der Waals surface area contributed by atoms with E-state index in [0.717, 1.165) is 36.4 Å². The molecular weight excluding hydrogens is 508 g/mol. The number of carbonyl (C=O) groups excluding carboxylic acids is 2. The zero-order valence-electron chi connectivity index (χ0n) is 18.6. The van der Waals surface area contributed by atoms with Gasteiger partial charge in [-0.25, -0.2) is 9.59 Å². The van der Waals surface area contributed by atoms with E-state index in [2.05, 4.69) is 5.32 Å². The Kier molecular flexibility index (Phi) is 7.90. The van der Waals surface area contributed by atoms with Gasteiger partial charge in [0.1, 0.15) is 11.8 Å². The molecule has 0 radical (unpaired) electrons. The maximum Gasteiger partial charge on any atom is 0.416 e. The van der Waals surface area contributed by atoms with Crippen LogP contribution in [0.3, 0.4) is 0 Å². The molecule has 0 aliphatic carbocycles. The van der Waals surface area contributed by atoms with Gasteiger partial charge in [0.25, 0.3) is 5.91 Å². The lowest BCUT2D eigenvalue weighted by molar-refractivity contribution is -0.139. The Labute approximate surface area is 205 Å². The van der Waals surface area contributed by atoms with Crippen molar-refractivity contribution in [1.29, 1.82) is 0 Å². The van der Waals surface area contributed by atoms with E-state index in [1.54, 1.807) is 0 Å². The van der Waals surface area contributed by atoms with Crippen molar-refractivity contribution in [2.24, 2.45) is 0 Å². The molecule has 0 fully saturated rings. The number of nitrogens with one attached hydrogen (secondary N) is 1. The lowest BCUT2D eigenvalue weighted by Gasteiger charge is -2.15. The van der Waals surface area contributed by atoms with Gasteiger partial charge in [0.15, 0.2) is 0 Å². The van der Waals surface area contributed by atoms with Gasteiger partial charge in [-0.3, -0.25) is 4.79 Å². The summed E-state index contributed by atoms with van der Waals surface area (Å²) in [6, 6.07) is 10.7. The summed E-state index contributed by atoms with van der Waals surface area (Å²) < 4.78 is 81.1. The molecule has 1 amide bonds. The number of benzene rings is 3. The van der Waals surface area contributed by atoms with Crippen LogP contribution >= 0.6 is 0 Å². The summed E-state index contributed by atoms with van der Waals surface area (Å²) in [6.07, 6.45) is -9.34. The van der Waals surface area contributed by atoms with Gasteiger partial charge in [0, 0.05) is 12.0 Å². The third-order valence-electron chi connectivity index (χ3n) is 5.10. The highest BCUT2D eigenvalue weighted by atomic mass is 19.4. The molecule has 6 nitrogen and oxygen atoms in total. The number of halogens is 6. The molecule has 37 heavy (non-hydrogen) atoms. The lowest BCUT2D eigenvalue weighted by Crippen LogP contribution is -2.42. The molecule has 1 atom stereocenters. The molecule has 0 aromatic heterocycles. The summed E-state index contributed by atoms with van der Waals surface area (Å²) in [5, 5.41) is 11.7. The first-order chi connectivity index (χ1) is 17.2. The van der Waals surface area contributed by atoms with Crippen LogP contribution < -0.4 is 10.1 Å². The van der Waals surface area contributed by atoms with Gasteiger partial charge in [-0.05, 0) is 66.2 Å². The van der Waals surface area contributed by atoms with E-state index in [1.807, 2.05) is 0 Å². The summed E-state index contributed by atoms with van der Waals surface area (Å²) >= 11 is 0. The molecule has 0 saturated heterocycles. The van der Waals surface area contributed by atoms with Crippen LogP contribution in [0, 0.1) is 0 Å². The van der Waals surface area contributed by atoms with Gasteiger partial charge >= 0.3 is 24.3 Å². The molecular formula is C25H17F6NO5. The molecule has 0 aliphatic heterocycles. The van der Waals surface area contributed by atoms with E-state index >= 15 is 0 Å². The topological polar surface area (TPSA) is 92.7 Å². The number of carbonyl (C=O) groups is 3. The molecule has 3 rings (SSSR count). The summed E-state index contributed by atoms with van der Waals surface area (Å²) in [5.41, 5.74) is -1.75. The van der Waals surface area contributed by atoms with Crippen LogP contribution in [0.5, 0.6) is 5.75 Å². The number of ether oxygens (including phenoxy) is 1. The van der Waals surface area contributed by atoms with Gasteiger partial charge < -0.3 is 15.2 Å². The lowest BCUT2D eigenvalue weighted by atomic mass is 10.0.